The summed E-state index contributed by atoms with van der Waals surface area (Å²) in [5.41, 5.74) is 1.03. The van der Waals surface area contributed by atoms with Gasteiger partial charge in [0.05, 0.1) is 5.02 Å². The highest BCUT2D eigenvalue weighted by molar-refractivity contribution is 14.0. The number of piperazine rings is 1. The van der Waals surface area contributed by atoms with Crippen LogP contribution in [0.5, 0.6) is 11.5 Å². The van der Waals surface area contributed by atoms with Crippen molar-refractivity contribution in [3.8, 4) is 11.5 Å². The molecule has 2 aromatic rings. The van der Waals surface area contributed by atoms with Gasteiger partial charge in [0.25, 0.3) is 0 Å². The van der Waals surface area contributed by atoms with Crippen molar-refractivity contribution in [3.05, 3.63) is 47.1 Å². The molecule has 1 aromatic carbocycles. The van der Waals surface area contributed by atoms with E-state index in [1.807, 2.05) is 43.6 Å². The molecule has 3 heterocycles. The summed E-state index contributed by atoms with van der Waals surface area (Å²) in [6.45, 7) is 5.28. The minimum atomic E-state index is 0. The monoisotopic (exact) mass is 529 g/mol. The van der Waals surface area contributed by atoms with E-state index in [0.29, 0.717) is 36.3 Å². The standard InChI is InChI=1S/C20H24ClN5O2.HI/c1-22-20(26-8-6-25(7-9-26)18-4-2-3-5-23-18)24-14-15-12-16(21)19-17(13-15)27-10-11-28-19;/h2-5,12-13H,6-11,14H2,1H3,(H,22,24);1H. The highest BCUT2D eigenvalue weighted by Crippen LogP contribution is 2.38. The maximum absolute atomic E-state index is 6.33. The Morgan fingerprint density at radius 1 is 1.17 bits per heavy atom. The molecule has 0 amide bonds. The van der Waals surface area contributed by atoms with Crippen molar-refractivity contribution in [2.45, 2.75) is 6.54 Å². The Kier molecular flexibility index (Phi) is 7.65. The van der Waals surface area contributed by atoms with Crippen LogP contribution in [0.1, 0.15) is 5.56 Å². The summed E-state index contributed by atoms with van der Waals surface area (Å²) >= 11 is 6.33. The van der Waals surface area contributed by atoms with E-state index in [1.54, 1.807) is 0 Å². The Labute approximate surface area is 193 Å². The summed E-state index contributed by atoms with van der Waals surface area (Å²) < 4.78 is 11.2. The Morgan fingerprint density at radius 2 is 1.97 bits per heavy atom. The first-order chi connectivity index (χ1) is 13.7. The number of hydrogen-bond acceptors (Lipinski definition) is 5. The molecule has 9 heteroatoms. The number of halogens is 2. The summed E-state index contributed by atoms with van der Waals surface area (Å²) in [4.78, 5) is 13.4. The number of guanidine groups is 1. The number of hydrogen-bond donors (Lipinski definition) is 1. The molecule has 1 aromatic heterocycles. The quantitative estimate of drug-likeness (QED) is 0.375. The molecule has 0 spiro atoms. The number of nitrogens with one attached hydrogen (secondary N) is 1. The number of anilines is 1. The number of nitrogens with zero attached hydrogens (tertiary/aromatic N) is 4. The van der Waals surface area contributed by atoms with Gasteiger partial charge in [0.1, 0.15) is 19.0 Å². The van der Waals surface area contributed by atoms with Gasteiger partial charge in [-0.1, -0.05) is 17.7 Å². The zero-order valence-electron chi connectivity index (χ0n) is 16.3. The van der Waals surface area contributed by atoms with Crippen LogP contribution in [0.15, 0.2) is 41.5 Å². The number of rotatable bonds is 3. The molecule has 4 rings (SSSR count). The molecule has 0 radical (unpaired) electrons. The second kappa shape index (κ2) is 10.2. The second-order valence-corrected chi connectivity index (χ2v) is 7.07. The van der Waals surface area contributed by atoms with Crippen LogP contribution >= 0.6 is 35.6 Å². The lowest BCUT2D eigenvalue weighted by atomic mass is 10.2. The first kappa shape index (κ1) is 21.8. The molecule has 0 saturated carbocycles. The molecule has 1 N–H and O–H groups in total. The maximum Gasteiger partial charge on any atom is 0.194 e. The zero-order chi connectivity index (χ0) is 19.3. The van der Waals surface area contributed by atoms with E-state index in [4.69, 9.17) is 21.1 Å². The van der Waals surface area contributed by atoms with Gasteiger partial charge < -0.3 is 24.6 Å². The SMILES string of the molecule is CN=C(NCc1cc(Cl)c2c(c1)OCCO2)N1CCN(c2ccccn2)CC1.I. The summed E-state index contributed by atoms with van der Waals surface area (Å²) in [6, 6.07) is 9.89. The van der Waals surface area contributed by atoms with Crippen molar-refractivity contribution < 1.29 is 9.47 Å². The van der Waals surface area contributed by atoms with Gasteiger partial charge in [-0.05, 0) is 29.8 Å². The van der Waals surface area contributed by atoms with Crippen LogP contribution in [0, 0.1) is 0 Å². The molecule has 0 atom stereocenters. The molecule has 29 heavy (non-hydrogen) atoms. The topological polar surface area (TPSA) is 62.2 Å². The molecule has 0 unspecified atom stereocenters. The van der Waals surface area contributed by atoms with Crippen molar-refractivity contribution in [2.75, 3.05) is 51.3 Å². The Hall–Kier alpha value is -1.94. The first-order valence-electron chi connectivity index (χ1n) is 9.44. The normalized spacial score (nSPS) is 16.3. The minimum absolute atomic E-state index is 0. The van der Waals surface area contributed by atoms with Gasteiger partial charge in [0.15, 0.2) is 17.5 Å². The number of aromatic nitrogens is 1. The number of benzene rings is 1. The first-order valence-corrected chi connectivity index (χ1v) is 9.82. The van der Waals surface area contributed by atoms with Gasteiger partial charge in [-0.2, -0.15) is 0 Å². The molecule has 1 saturated heterocycles. The average molecular weight is 530 g/mol. The number of aliphatic imine (C=N–C) groups is 1. The molecule has 2 aliphatic rings. The van der Waals surface area contributed by atoms with Crippen molar-refractivity contribution in [3.63, 3.8) is 0 Å². The van der Waals surface area contributed by atoms with Gasteiger partial charge in [-0.3, -0.25) is 4.99 Å². The van der Waals surface area contributed by atoms with Gasteiger partial charge >= 0.3 is 0 Å². The summed E-state index contributed by atoms with van der Waals surface area (Å²) in [6.07, 6.45) is 1.83. The Morgan fingerprint density at radius 3 is 2.69 bits per heavy atom. The van der Waals surface area contributed by atoms with Crippen LogP contribution in [-0.2, 0) is 6.54 Å². The highest BCUT2D eigenvalue weighted by Gasteiger charge is 2.21. The van der Waals surface area contributed by atoms with Crippen molar-refractivity contribution >= 4 is 47.4 Å². The van der Waals surface area contributed by atoms with E-state index >= 15 is 0 Å². The minimum Gasteiger partial charge on any atom is -0.486 e. The van der Waals surface area contributed by atoms with E-state index in [1.165, 1.54) is 0 Å². The molecule has 2 aliphatic heterocycles. The zero-order valence-corrected chi connectivity index (χ0v) is 19.4. The van der Waals surface area contributed by atoms with Crippen LogP contribution in [-0.4, -0.2) is 62.3 Å². The molecule has 156 valence electrons. The van der Waals surface area contributed by atoms with E-state index in [-0.39, 0.29) is 24.0 Å². The summed E-state index contributed by atoms with van der Waals surface area (Å²) in [7, 11) is 1.81. The van der Waals surface area contributed by atoms with Crippen LogP contribution < -0.4 is 19.7 Å². The van der Waals surface area contributed by atoms with Crippen LogP contribution in [0.25, 0.3) is 0 Å². The summed E-state index contributed by atoms with van der Waals surface area (Å²) in [5.74, 6) is 3.24. The van der Waals surface area contributed by atoms with Crippen LogP contribution in [0.2, 0.25) is 5.02 Å². The fourth-order valence-electron chi connectivity index (χ4n) is 3.47. The van der Waals surface area contributed by atoms with Crippen molar-refractivity contribution in [1.29, 1.82) is 0 Å². The maximum atomic E-state index is 6.33. The van der Waals surface area contributed by atoms with E-state index < -0.39 is 0 Å². The van der Waals surface area contributed by atoms with Gasteiger partial charge in [0, 0.05) is 46.0 Å². The predicted molar refractivity (Wildman–Crippen MR) is 126 cm³/mol. The fourth-order valence-corrected chi connectivity index (χ4v) is 3.76. The molecular weight excluding hydrogens is 505 g/mol. The molecule has 1 fully saturated rings. The lowest BCUT2D eigenvalue weighted by Gasteiger charge is -2.37. The third-order valence-electron chi connectivity index (χ3n) is 4.87. The van der Waals surface area contributed by atoms with Crippen LogP contribution in [0.3, 0.4) is 0 Å². The van der Waals surface area contributed by atoms with Crippen molar-refractivity contribution in [2.24, 2.45) is 4.99 Å². The lowest BCUT2D eigenvalue weighted by Crippen LogP contribution is -2.52. The van der Waals surface area contributed by atoms with E-state index in [2.05, 4.69) is 25.1 Å². The average Bonchev–Trinajstić information content (AvgIpc) is 2.75. The Balaban J connectivity index is 0.00000240. The van der Waals surface area contributed by atoms with E-state index in [0.717, 1.165) is 43.5 Å². The van der Waals surface area contributed by atoms with Gasteiger partial charge in [-0.15, -0.1) is 24.0 Å². The number of pyridine rings is 1. The van der Waals surface area contributed by atoms with Crippen LogP contribution in [0.4, 0.5) is 5.82 Å². The van der Waals surface area contributed by atoms with Gasteiger partial charge in [0.2, 0.25) is 0 Å². The molecule has 0 aliphatic carbocycles. The molecule has 7 nitrogen and oxygen atoms in total. The highest BCUT2D eigenvalue weighted by atomic mass is 127. The van der Waals surface area contributed by atoms with E-state index in [9.17, 15) is 0 Å². The lowest BCUT2D eigenvalue weighted by molar-refractivity contribution is 0.171. The van der Waals surface area contributed by atoms with Crippen molar-refractivity contribution in [1.82, 2.24) is 15.2 Å². The fraction of sp³-hybridized carbons (Fsp3) is 0.400. The van der Waals surface area contributed by atoms with Gasteiger partial charge in [-0.25, -0.2) is 4.98 Å². The third-order valence-corrected chi connectivity index (χ3v) is 5.15. The largest absolute Gasteiger partial charge is 0.486 e. The Bertz CT molecular complexity index is 844. The number of fused-ring (bicyclic) bond motifs is 1. The molecular formula is C20H25ClIN5O2. The second-order valence-electron chi connectivity index (χ2n) is 6.66. The summed E-state index contributed by atoms with van der Waals surface area (Å²) in [5, 5.41) is 4.01. The third kappa shape index (κ3) is 5.16. The molecule has 0 bridgehead atoms. The predicted octanol–water partition coefficient (Wildman–Crippen LogP) is 3.02. The number of ether oxygens (including phenoxy) is 2. The smallest absolute Gasteiger partial charge is 0.194 e.